The van der Waals surface area contributed by atoms with Crippen LogP contribution < -0.4 is 5.32 Å². The van der Waals surface area contributed by atoms with E-state index in [1.165, 1.54) is 20.0 Å². The monoisotopic (exact) mass is 271 g/mol. The molecule has 1 N–H and O–H groups in total. The molecule has 0 spiro atoms. The Bertz CT molecular complexity index is 290. The van der Waals surface area contributed by atoms with Crippen LogP contribution in [0.5, 0.6) is 0 Å². The Morgan fingerprint density at radius 1 is 1.47 bits per heavy atom. The highest BCUT2D eigenvalue weighted by molar-refractivity contribution is 5.80. The normalized spacial score (nSPS) is 21.4. The third kappa shape index (κ3) is 4.16. The number of nitrogens with zero attached hydrogens (tertiary/aromatic N) is 2. The summed E-state index contributed by atoms with van der Waals surface area (Å²) >= 11 is 0. The van der Waals surface area contributed by atoms with Crippen LogP contribution in [0, 0.1) is 0 Å². The second-order valence-electron chi connectivity index (χ2n) is 5.65. The van der Waals surface area contributed by atoms with Crippen molar-refractivity contribution in [2.24, 2.45) is 0 Å². The van der Waals surface area contributed by atoms with Gasteiger partial charge in [-0.25, -0.2) is 0 Å². The predicted molar refractivity (Wildman–Crippen MR) is 77.2 cm³/mol. The average molecular weight is 271 g/mol. The zero-order valence-corrected chi connectivity index (χ0v) is 13.0. The van der Waals surface area contributed by atoms with Crippen LogP contribution in [0.2, 0.25) is 0 Å². The minimum Gasteiger partial charge on any atom is -0.468 e. The van der Waals surface area contributed by atoms with E-state index in [1.807, 2.05) is 14.0 Å². The summed E-state index contributed by atoms with van der Waals surface area (Å²) in [5.41, 5.74) is -0.634. The Hall–Kier alpha value is -0.650. The van der Waals surface area contributed by atoms with Crippen molar-refractivity contribution in [3.05, 3.63) is 0 Å². The number of likely N-dealkylation sites (tertiary alicyclic amines) is 1. The number of hydrogen-bond acceptors (Lipinski definition) is 5. The first-order valence-corrected chi connectivity index (χ1v) is 7.16. The zero-order chi connectivity index (χ0) is 14.5. The fourth-order valence-corrected chi connectivity index (χ4v) is 2.78. The highest BCUT2D eigenvalue weighted by Crippen LogP contribution is 2.18. The maximum atomic E-state index is 11.9. The first-order valence-electron chi connectivity index (χ1n) is 7.16. The molecule has 0 radical (unpaired) electrons. The molecule has 1 unspecified atom stereocenters. The highest BCUT2D eigenvalue weighted by Gasteiger charge is 2.35. The molecule has 0 bridgehead atoms. The zero-order valence-electron chi connectivity index (χ0n) is 13.0. The van der Waals surface area contributed by atoms with Gasteiger partial charge in [-0.2, -0.15) is 0 Å². The number of carbonyl (C=O) groups excluding carboxylic acids is 1. The van der Waals surface area contributed by atoms with Gasteiger partial charge in [-0.15, -0.1) is 0 Å². The number of likely N-dealkylation sites (N-methyl/N-ethyl adjacent to an activating group) is 2. The third-order valence-electron chi connectivity index (χ3n) is 4.38. The number of nitrogens with one attached hydrogen (secondary N) is 1. The van der Waals surface area contributed by atoms with Crippen molar-refractivity contribution >= 4 is 5.97 Å². The number of piperidine rings is 1. The summed E-state index contributed by atoms with van der Waals surface area (Å²) in [4.78, 5) is 16.6. The standard InChI is InChI=1S/C14H29N3O2/c1-6-17-9-7-12(8-10-17)16(4)11-14(2,15-3)13(18)19-5/h12,15H,6-11H2,1-5H3. The van der Waals surface area contributed by atoms with E-state index in [9.17, 15) is 4.79 Å². The number of ether oxygens (including phenoxy) is 1. The lowest BCUT2D eigenvalue weighted by Crippen LogP contribution is -2.57. The minimum absolute atomic E-state index is 0.201. The van der Waals surface area contributed by atoms with Crippen molar-refractivity contribution in [2.45, 2.75) is 38.3 Å². The summed E-state index contributed by atoms with van der Waals surface area (Å²) in [5.74, 6) is -0.201. The smallest absolute Gasteiger partial charge is 0.327 e. The fraction of sp³-hybridized carbons (Fsp3) is 0.929. The Morgan fingerprint density at radius 3 is 2.47 bits per heavy atom. The van der Waals surface area contributed by atoms with Crippen molar-refractivity contribution in [1.82, 2.24) is 15.1 Å². The van der Waals surface area contributed by atoms with E-state index in [0.717, 1.165) is 19.6 Å². The first-order chi connectivity index (χ1) is 8.96. The summed E-state index contributed by atoms with van der Waals surface area (Å²) in [5, 5.41) is 3.09. The van der Waals surface area contributed by atoms with Gasteiger partial charge in [0.15, 0.2) is 0 Å². The van der Waals surface area contributed by atoms with Crippen LogP contribution in [0.25, 0.3) is 0 Å². The lowest BCUT2D eigenvalue weighted by atomic mass is 9.98. The van der Waals surface area contributed by atoms with Gasteiger partial charge >= 0.3 is 5.97 Å². The molecule has 1 rings (SSSR count). The lowest BCUT2D eigenvalue weighted by molar-refractivity contribution is -0.148. The van der Waals surface area contributed by atoms with Crippen LogP contribution in [-0.2, 0) is 9.53 Å². The van der Waals surface area contributed by atoms with E-state index < -0.39 is 5.54 Å². The molecule has 1 aliphatic heterocycles. The SMILES string of the molecule is CCN1CCC(N(C)CC(C)(NC)C(=O)OC)CC1. The van der Waals surface area contributed by atoms with E-state index >= 15 is 0 Å². The van der Waals surface area contributed by atoms with Crippen LogP contribution in [0.1, 0.15) is 26.7 Å². The maximum absolute atomic E-state index is 11.9. The van der Waals surface area contributed by atoms with E-state index in [2.05, 4.69) is 29.1 Å². The number of hydrogen-bond donors (Lipinski definition) is 1. The molecular formula is C14H29N3O2. The van der Waals surface area contributed by atoms with Crippen LogP contribution >= 0.6 is 0 Å². The van der Waals surface area contributed by atoms with Gasteiger partial charge in [0.2, 0.25) is 0 Å². The van der Waals surface area contributed by atoms with Crippen LogP contribution in [0.3, 0.4) is 0 Å². The summed E-state index contributed by atoms with van der Waals surface area (Å²) < 4.78 is 4.89. The summed E-state index contributed by atoms with van der Waals surface area (Å²) in [6.07, 6.45) is 2.34. The highest BCUT2D eigenvalue weighted by atomic mass is 16.5. The second kappa shape index (κ2) is 7.22. The molecule has 0 aromatic heterocycles. The first kappa shape index (κ1) is 16.4. The number of methoxy groups -OCH3 is 1. The Balaban J connectivity index is 2.54. The van der Waals surface area contributed by atoms with Crippen molar-refractivity contribution in [3.63, 3.8) is 0 Å². The Morgan fingerprint density at radius 2 is 2.05 bits per heavy atom. The quantitative estimate of drug-likeness (QED) is 0.715. The second-order valence-corrected chi connectivity index (χ2v) is 5.65. The van der Waals surface area contributed by atoms with Gasteiger partial charge in [0.05, 0.1) is 7.11 Å². The summed E-state index contributed by atoms with van der Waals surface area (Å²) in [6.45, 7) is 8.22. The molecule has 0 saturated carbocycles. The third-order valence-corrected chi connectivity index (χ3v) is 4.38. The molecule has 0 aliphatic carbocycles. The fourth-order valence-electron chi connectivity index (χ4n) is 2.78. The van der Waals surface area contributed by atoms with Crippen molar-refractivity contribution in [1.29, 1.82) is 0 Å². The molecule has 5 heteroatoms. The largest absolute Gasteiger partial charge is 0.468 e. The minimum atomic E-state index is -0.634. The van der Waals surface area contributed by atoms with Crippen molar-refractivity contribution in [2.75, 3.05) is 47.4 Å². The van der Waals surface area contributed by atoms with E-state index in [1.54, 1.807) is 0 Å². The van der Waals surface area contributed by atoms with E-state index in [-0.39, 0.29) is 5.97 Å². The topological polar surface area (TPSA) is 44.8 Å². The molecule has 112 valence electrons. The molecule has 0 aromatic carbocycles. The Kier molecular flexibility index (Phi) is 6.23. The molecule has 19 heavy (non-hydrogen) atoms. The van der Waals surface area contributed by atoms with Crippen molar-refractivity contribution in [3.8, 4) is 0 Å². The molecule has 1 aliphatic rings. The number of carbonyl (C=O) groups is 1. The molecule has 1 atom stereocenters. The van der Waals surface area contributed by atoms with Gasteiger partial charge in [-0.1, -0.05) is 6.92 Å². The molecule has 5 nitrogen and oxygen atoms in total. The van der Waals surface area contributed by atoms with Crippen molar-refractivity contribution < 1.29 is 9.53 Å². The number of rotatable bonds is 6. The van der Waals surface area contributed by atoms with Crippen LogP contribution in [0.4, 0.5) is 0 Å². The van der Waals surface area contributed by atoms with Gasteiger partial charge in [0.1, 0.15) is 5.54 Å². The molecule has 0 aromatic rings. The number of esters is 1. The lowest BCUT2D eigenvalue weighted by Gasteiger charge is -2.39. The van der Waals surface area contributed by atoms with Gasteiger partial charge < -0.3 is 19.9 Å². The molecule has 0 amide bonds. The van der Waals surface area contributed by atoms with E-state index in [4.69, 9.17) is 4.74 Å². The summed E-state index contributed by atoms with van der Waals surface area (Å²) in [7, 11) is 5.35. The van der Waals surface area contributed by atoms with Gasteiger partial charge in [-0.05, 0) is 53.5 Å². The van der Waals surface area contributed by atoms with Gasteiger partial charge in [-0.3, -0.25) is 4.79 Å². The molecular weight excluding hydrogens is 242 g/mol. The van der Waals surface area contributed by atoms with Crippen LogP contribution in [-0.4, -0.2) is 74.7 Å². The van der Waals surface area contributed by atoms with Gasteiger partial charge in [0, 0.05) is 12.6 Å². The van der Waals surface area contributed by atoms with Gasteiger partial charge in [0.25, 0.3) is 0 Å². The molecule has 1 saturated heterocycles. The average Bonchev–Trinajstić information content (AvgIpc) is 2.46. The Labute approximate surface area is 117 Å². The molecule has 1 fully saturated rings. The molecule has 1 heterocycles. The predicted octanol–water partition coefficient (Wildman–Crippen LogP) is 0.554. The van der Waals surface area contributed by atoms with Crippen LogP contribution in [0.15, 0.2) is 0 Å². The van der Waals surface area contributed by atoms with E-state index in [0.29, 0.717) is 12.6 Å². The maximum Gasteiger partial charge on any atom is 0.327 e. The summed E-state index contributed by atoms with van der Waals surface area (Å²) in [6, 6.07) is 0.556.